The van der Waals surface area contributed by atoms with E-state index in [1.807, 2.05) is 6.92 Å². The van der Waals surface area contributed by atoms with Crippen LogP contribution in [0.3, 0.4) is 0 Å². The molecule has 6 rings (SSSR count). The molecule has 13 nitrogen and oxygen atoms in total. The van der Waals surface area contributed by atoms with Crippen LogP contribution >= 0.6 is 7.44 Å². The van der Waals surface area contributed by atoms with Gasteiger partial charge in [-0.1, -0.05) is 12.8 Å². The van der Waals surface area contributed by atoms with Crippen molar-refractivity contribution in [2.75, 3.05) is 25.3 Å². The molecule has 0 radical (unpaired) electrons. The number of carbonyl (C=O) groups excluding carboxylic acids is 2. The molecule has 2 aromatic heterocycles. The molecule has 4 fully saturated rings. The number of nitrogens with zero attached hydrogens (tertiary/aromatic N) is 4. The Balaban J connectivity index is 1.09. The van der Waals surface area contributed by atoms with Crippen LogP contribution in [0, 0.1) is 22.7 Å². The third-order valence-electron chi connectivity index (χ3n) is 11.0. The van der Waals surface area contributed by atoms with E-state index < -0.39 is 36.6 Å². The highest BCUT2D eigenvalue weighted by Gasteiger charge is 2.50. The van der Waals surface area contributed by atoms with Crippen molar-refractivity contribution in [2.45, 2.75) is 123 Å². The lowest BCUT2D eigenvalue weighted by Crippen LogP contribution is -2.54. The maximum atomic E-state index is 14.7. The van der Waals surface area contributed by atoms with E-state index in [0.717, 1.165) is 25.7 Å². The molecule has 260 valence electrons. The summed E-state index contributed by atoms with van der Waals surface area (Å²) in [6.07, 6.45) is 14.3. The van der Waals surface area contributed by atoms with E-state index in [1.54, 1.807) is 38.6 Å². The van der Waals surface area contributed by atoms with E-state index in [1.165, 1.54) is 44.9 Å². The van der Waals surface area contributed by atoms with Crippen LogP contribution in [0.1, 0.15) is 98.8 Å². The van der Waals surface area contributed by atoms with Gasteiger partial charge in [-0.15, -0.1) is 0 Å². The van der Waals surface area contributed by atoms with Gasteiger partial charge < -0.3 is 24.5 Å². The fourth-order valence-corrected chi connectivity index (χ4v) is 10.8. The minimum atomic E-state index is -3.78. The standard InChI is InChI=1S/C33H52N7O6P/c1-22(16-40-20-37-25-26(34)35-19-36-27(25)40)46-21-47(43,38-30(2,3)28(41)44-17-23-12-32(13-23)8-6-9-32)39-31(4,5)29(42)45-18-24-14-33(15-24)10-7-11-33/h19-20,22-24H,6-18,21H2,1-5H3,(H2,34,35,36)(H2,38,39,43)/t22-/m1/s1. The topological polar surface area (TPSA) is 173 Å². The molecule has 4 aliphatic rings. The first-order chi connectivity index (χ1) is 22.1. The van der Waals surface area contributed by atoms with E-state index in [4.69, 9.17) is 19.9 Å². The predicted octanol–water partition coefficient (Wildman–Crippen LogP) is 4.95. The average molecular weight is 674 g/mol. The zero-order valence-electron chi connectivity index (χ0n) is 28.5. The van der Waals surface area contributed by atoms with E-state index in [0.29, 0.717) is 53.6 Å². The third-order valence-corrected chi connectivity index (χ3v) is 13.3. The Hall–Kier alpha value is -2.60. The van der Waals surface area contributed by atoms with Gasteiger partial charge in [0, 0.05) is 0 Å². The molecular formula is C33H52N7O6P. The first-order valence-electron chi connectivity index (χ1n) is 17.2. The number of rotatable bonds is 15. The highest BCUT2D eigenvalue weighted by Crippen LogP contribution is 2.59. The number of fused-ring (bicyclic) bond motifs is 1. The summed E-state index contributed by atoms with van der Waals surface area (Å²) in [5, 5.41) is 6.05. The Morgan fingerprint density at radius 3 is 1.91 bits per heavy atom. The number of esters is 2. The number of imidazole rings is 1. The van der Waals surface area contributed by atoms with Crippen LogP contribution < -0.4 is 15.9 Å². The van der Waals surface area contributed by atoms with Crippen molar-refractivity contribution in [3.8, 4) is 0 Å². The van der Waals surface area contributed by atoms with Crippen molar-refractivity contribution in [3.05, 3.63) is 12.7 Å². The number of hydrogen-bond donors (Lipinski definition) is 3. The summed E-state index contributed by atoms with van der Waals surface area (Å²) in [6.45, 7) is 9.44. The fraction of sp³-hybridized carbons (Fsp3) is 0.788. The van der Waals surface area contributed by atoms with Gasteiger partial charge in [-0.05, 0) is 109 Å². The van der Waals surface area contributed by atoms with Gasteiger partial charge in [0.1, 0.15) is 29.3 Å². The van der Waals surface area contributed by atoms with Gasteiger partial charge in [0.25, 0.3) is 0 Å². The molecule has 0 saturated heterocycles. The molecule has 2 spiro atoms. The van der Waals surface area contributed by atoms with Crippen LogP contribution in [-0.2, 0) is 34.9 Å². The molecule has 0 bridgehead atoms. The van der Waals surface area contributed by atoms with Crippen LogP contribution in [0.15, 0.2) is 12.7 Å². The smallest absolute Gasteiger partial charge is 0.326 e. The SMILES string of the molecule is C[C@H](Cn1cnc2c(N)ncnc21)OCP(=O)(NC(C)(C)C(=O)OCC1CC2(CCC2)C1)NC(C)(C)C(=O)OCC1CC2(CCC2)C1. The van der Waals surface area contributed by atoms with Crippen molar-refractivity contribution in [2.24, 2.45) is 22.7 Å². The molecule has 0 unspecified atom stereocenters. The molecule has 47 heavy (non-hydrogen) atoms. The minimum absolute atomic E-state index is 0.281. The molecule has 0 aromatic carbocycles. The van der Waals surface area contributed by atoms with Gasteiger partial charge in [0.2, 0.25) is 7.44 Å². The van der Waals surface area contributed by atoms with E-state index in [2.05, 4.69) is 25.1 Å². The highest BCUT2D eigenvalue weighted by molar-refractivity contribution is 7.59. The minimum Gasteiger partial charge on any atom is -0.464 e. The Labute approximate surface area is 277 Å². The Bertz CT molecular complexity index is 1450. The number of nitrogens with one attached hydrogen (secondary N) is 2. The number of aromatic nitrogens is 4. The van der Waals surface area contributed by atoms with Gasteiger partial charge in [-0.2, -0.15) is 0 Å². The molecule has 2 aromatic rings. The van der Waals surface area contributed by atoms with Gasteiger partial charge in [-0.3, -0.25) is 14.2 Å². The van der Waals surface area contributed by atoms with Gasteiger partial charge in [-0.25, -0.2) is 25.1 Å². The molecule has 2 heterocycles. The maximum absolute atomic E-state index is 14.7. The van der Waals surface area contributed by atoms with Crippen molar-refractivity contribution in [3.63, 3.8) is 0 Å². The van der Waals surface area contributed by atoms with Crippen LogP contribution in [0.5, 0.6) is 0 Å². The van der Waals surface area contributed by atoms with Crippen LogP contribution in [-0.4, -0.2) is 68.2 Å². The van der Waals surface area contributed by atoms with Crippen molar-refractivity contribution in [1.29, 1.82) is 0 Å². The first kappa shape index (κ1) is 34.3. The Morgan fingerprint density at radius 2 is 1.45 bits per heavy atom. The molecule has 0 aliphatic heterocycles. The zero-order chi connectivity index (χ0) is 33.7. The normalized spacial score (nSPS) is 23.6. The average Bonchev–Trinajstić information content (AvgIpc) is 3.31. The Kier molecular flexibility index (Phi) is 9.26. The number of nitrogens with two attached hydrogens (primary N) is 1. The second-order valence-electron chi connectivity index (χ2n) is 16.1. The first-order valence-corrected chi connectivity index (χ1v) is 19.1. The van der Waals surface area contributed by atoms with Crippen LogP contribution in [0.4, 0.5) is 5.82 Å². The molecule has 14 heteroatoms. The molecule has 4 aliphatic carbocycles. The summed E-state index contributed by atoms with van der Waals surface area (Å²) >= 11 is 0. The summed E-state index contributed by atoms with van der Waals surface area (Å²) in [4.78, 5) is 39.2. The predicted molar refractivity (Wildman–Crippen MR) is 177 cm³/mol. The number of hydrogen-bond acceptors (Lipinski definition) is 10. The van der Waals surface area contributed by atoms with E-state index in [9.17, 15) is 14.2 Å². The second kappa shape index (κ2) is 12.7. The lowest BCUT2D eigenvalue weighted by Gasteiger charge is -2.54. The number of nitrogen functional groups attached to an aromatic ring is 1. The van der Waals surface area contributed by atoms with Gasteiger partial charge in [0.05, 0.1) is 32.2 Å². The molecular weight excluding hydrogens is 621 g/mol. The zero-order valence-corrected chi connectivity index (χ0v) is 29.4. The van der Waals surface area contributed by atoms with E-state index in [-0.39, 0.29) is 12.2 Å². The summed E-state index contributed by atoms with van der Waals surface area (Å²) in [6, 6.07) is 0. The lowest BCUT2D eigenvalue weighted by molar-refractivity contribution is -0.155. The second-order valence-corrected chi connectivity index (χ2v) is 18.3. The number of ether oxygens (including phenoxy) is 3. The van der Waals surface area contributed by atoms with Crippen LogP contribution in [0.2, 0.25) is 0 Å². The van der Waals surface area contributed by atoms with Crippen LogP contribution in [0.25, 0.3) is 11.2 Å². The van der Waals surface area contributed by atoms with Crippen molar-refractivity contribution >= 4 is 36.4 Å². The number of anilines is 1. The largest absolute Gasteiger partial charge is 0.464 e. The monoisotopic (exact) mass is 673 g/mol. The fourth-order valence-electron chi connectivity index (χ4n) is 8.16. The van der Waals surface area contributed by atoms with Gasteiger partial charge in [0.15, 0.2) is 11.5 Å². The van der Waals surface area contributed by atoms with Crippen molar-refractivity contribution < 1.29 is 28.4 Å². The molecule has 0 amide bonds. The van der Waals surface area contributed by atoms with Gasteiger partial charge >= 0.3 is 11.9 Å². The summed E-state index contributed by atoms with van der Waals surface area (Å²) in [5.74, 6) is 0.0162. The summed E-state index contributed by atoms with van der Waals surface area (Å²) in [5.41, 5.74) is 5.30. The third kappa shape index (κ3) is 7.38. The number of carbonyl (C=O) groups is 2. The summed E-state index contributed by atoms with van der Waals surface area (Å²) in [7, 11) is -3.78. The summed E-state index contributed by atoms with van der Waals surface area (Å²) < 4.78 is 34.1. The van der Waals surface area contributed by atoms with E-state index >= 15 is 0 Å². The highest BCUT2D eigenvalue weighted by atomic mass is 31.2. The Morgan fingerprint density at radius 1 is 0.936 bits per heavy atom. The molecule has 4 saturated carbocycles. The molecule has 4 N–H and O–H groups in total. The van der Waals surface area contributed by atoms with Crippen molar-refractivity contribution in [1.82, 2.24) is 29.7 Å². The molecule has 1 atom stereocenters. The maximum Gasteiger partial charge on any atom is 0.326 e. The quantitative estimate of drug-likeness (QED) is 0.172. The lowest BCUT2D eigenvalue weighted by atomic mass is 9.52.